The minimum Gasteiger partial charge on any atom is -0.478 e. The van der Waals surface area contributed by atoms with Gasteiger partial charge in [0.1, 0.15) is 5.03 Å². The molecule has 5 nitrogen and oxygen atoms in total. The second-order valence-electron chi connectivity index (χ2n) is 3.75. The van der Waals surface area contributed by atoms with E-state index in [4.69, 9.17) is 14.9 Å². The van der Waals surface area contributed by atoms with E-state index >= 15 is 0 Å². The molecule has 0 saturated carbocycles. The number of aliphatic hydroxyl groups is 1. The SMILES string of the molecule is Cc1cc(C)c(C(=O)O)c(SCCOCCO)n1. The zero-order valence-corrected chi connectivity index (χ0v) is 11.3. The highest BCUT2D eigenvalue weighted by Gasteiger charge is 2.15. The number of carboxylic acid groups (broad SMARTS) is 1. The first-order chi connectivity index (χ1) is 8.56. The summed E-state index contributed by atoms with van der Waals surface area (Å²) in [5.41, 5.74) is 1.78. The van der Waals surface area contributed by atoms with Gasteiger partial charge in [0.15, 0.2) is 0 Å². The van der Waals surface area contributed by atoms with Crippen LogP contribution in [0.25, 0.3) is 0 Å². The summed E-state index contributed by atoms with van der Waals surface area (Å²) in [6.07, 6.45) is 0. The number of aliphatic hydroxyl groups excluding tert-OH is 1. The van der Waals surface area contributed by atoms with Crippen molar-refractivity contribution >= 4 is 17.7 Å². The largest absolute Gasteiger partial charge is 0.478 e. The van der Waals surface area contributed by atoms with Crippen molar-refractivity contribution in [3.8, 4) is 0 Å². The third kappa shape index (κ3) is 4.29. The van der Waals surface area contributed by atoms with Gasteiger partial charge < -0.3 is 14.9 Å². The molecule has 2 N–H and O–H groups in total. The number of carbonyl (C=O) groups is 1. The second-order valence-corrected chi connectivity index (χ2v) is 4.83. The minimum atomic E-state index is -0.959. The summed E-state index contributed by atoms with van der Waals surface area (Å²) < 4.78 is 5.12. The monoisotopic (exact) mass is 271 g/mol. The van der Waals surface area contributed by atoms with Crippen LogP contribution in [0.5, 0.6) is 0 Å². The van der Waals surface area contributed by atoms with Gasteiger partial charge in [0.2, 0.25) is 0 Å². The highest BCUT2D eigenvalue weighted by molar-refractivity contribution is 7.99. The summed E-state index contributed by atoms with van der Waals surface area (Å²) in [6, 6.07) is 1.76. The number of aromatic nitrogens is 1. The molecule has 0 bridgehead atoms. The fourth-order valence-electron chi connectivity index (χ4n) is 1.53. The lowest BCUT2D eigenvalue weighted by molar-refractivity contribution is 0.0691. The van der Waals surface area contributed by atoms with Gasteiger partial charge in [0.05, 0.1) is 25.4 Å². The van der Waals surface area contributed by atoms with Crippen LogP contribution < -0.4 is 0 Å². The molecule has 1 rings (SSSR count). The van der Waals surface area contributed by atoms with Gasteiger partial charge in [-0.2, -0.15) is 0 Å². The summed E-state index contributed by atoms with van der Waals surface area (Å²) in [7, 11) is 0. The maximum Gasteiger partial charge on any atom is 0.338 e. The van der Waals surface area contributed by atoms with E-state index in [-0.39, 0.29) is 12.2 Å². The number of rotatable bonds is 7. The predicted molar refractivity (Wildman–Crippen MR) is 69.3 cm³/mol. The lowest BCUT2D eigenvalue weighted by Crippen LogP contribution is -2.07. The Morgan fingerprint density at radius 3 is 2.78 bits per heavy atom. The lowest BCUT2D eigenvalue weighted by atomic mass is 10.1. The Balaban J connectivity index is 2.71. The summed E-state index contributed by atoms with van der Waals surface area (Å²) in [4.78, 5) is 15.4. The highest BCUT2D eigenvalue weighted by Crippen LogP contribution is 2.24. The van der Waals surface area contributed by atoms with Crippen LogP contribution in [0.2, 0.25) is 0 Å². The van der Waals surface area contributed by atoms with Crippen LogP contribution in [0.3, 0.4) is 0 Å². The van der Waals surface area contributed by atoms with Gasteiger partial charge in [0, 0.05) is 11.4 Å². The molecule has 0 aliphatic heterocycles. The van der Waals surface area contributed by atoms with Crippen LogP contribution in [-0.2, 0) is 4.74 Å². The summed E-state index contributed by atoms with van der Waals surface area (Å²) in [5.74, 6) is -0.352. The average molecular weight is 271 g/mol. The van der Waals surface area contributed by atoms with Crippen molar-refractivity contribution in [3.05, 3.63) is 22.9 Å². The zero-order chi connectivity index (χ0) is 13.5. The molecular formula is C12H17NO4S. The standard InChI is InChI=1S/C12H17NO4S/c1-8-7-9(2)13-11(10(8)12(15)16)18-6-5-17-4-3-14/h7,14H,3-6H2,1-2H3,(H,15,16). The molecule has 0 saturated heterocycles. The Morgan fingerprint density at radius 2 is 2.17 bits per heavy atom. The molecule has 18 heavy (non-hydrogen) atoms. The number of aromatic carboxylic acids is 1. The van der Waals surface area contributed by atoms with E-state index in [1.54, 1.807) is 13.0 Å². The number of nitrogens with zero attached hydrogens (tertiary/aromatic N) is 1. The van der Waals surface area contributed by atoms with Crippen LogP contribution in [0.15, 0.2) is 11.1 Å². The molecule has 0 atom stereocenters. The van der Waals surface area contributed by atoms with Crippen molar-refractivity contribution in [2.75, 3.05) is 25.6 Å². The fraction of sp³-hybridized carbons (Fsp3) is 0.500. The fourth-order valence-corrected chi connectivity index (χ4v) is 2.53. The van der Waals surface area contributed by atoms with Gasteiger partial charge >= 0.3 is 5.97 Å². The Morgan fingerprint density at radius 1 is 1.44 bits per heavy atom. The van der Waals surface area contributed by atoms with Crippen molar-refractivity contribution in [3.63, 3.8) is 0 Å². The normalized spacial score (nSPS) is 10.6. The van der Waals surface area contributed by atoms with Crippen LogP contribution in [-0.4, -0.2) is 46.7 Å². The van der Waals surface area contributed by atoms with Crippen molar-refractivity contribution < 1.29 is 19.7 Å². The molecule has 0 spiro atoms. The molecule has 100 valence electrons. The maximum absolute atomic E-state index is 11.2. The molecule has 1 aromatic rings. The summed E-state index contributed by atoms with van der Waals surface area (Å²) >= 11 is 1.36. The first-order valence-electron chi connectivity index (χ1n) is 5.59. The number of pyridine rings is 1. The van der Waals surface area contributed by atoms with E-state index in [1.807, 2.05) is 6.92 Å². The number of hydrogen-bond donors (Lipinski definition) is 2. The average Bonchev–Trinajstić information content (AvgIpc) is 2.27. The third-order valence-corrected chi connectivity index (χ3v) is 3.17. The zero-order valence-electron chi connectivity index (χ0n) is 10.5. The van der Waals surface area contributed by atoms with Gasteiger partial charge in [-0.15, -0.1) is 11.8 Å². The van der Waals surface area contributed by atoms with Gasteiger partial charge in [-0.3, -0.25) is 0 Å². The van der Waals surface area contributed by atoms with E-state index in [1.165, 1.54) is 11.8 Å². The predicted octanol–water partition coefficient (Wildman–Crippen LogP) is 1.50. The topological polar surface area (TPSA) is 79.7 Å². The van der Waals surface area contributed by atoms with E-state index in [0.717, 1.165) is 5.69 Å². The van der Waals surface area contributed by atoms with Crippen LogP contribution in [0, 0.1) is 13.8 Å². The van der Waals surface area contributed by atoms with Crippen LogP contribution in [0.4, 0.5) is 0 Å². The van der Waals surface area contributed by atoms with Gasteiger partial charge in [-0.1, -0.05) is 0 Å². The first-order valence-corrected chi connectivity index (χ1v) is 6.57. The van der Waals surface area contributed by atoms with Crippen LogP contribution in [0.1, 0.15) is 21.6 Å². The number of ether oxygens (including phenoxy) is 1. The second kappa shape index (κ2) is 7.35. The number of carboxylic acids is 1. The molecule has 0 aliphatic carbocycles. The Labute approximate surface area is 110 Å². The maximum atomic E-state index is 11.2. The molecule has 0 unspecified atom stereocenters. The molecule has 0 fully saturated rings. The number of thioether (sulfide) groups is 1. The summed E-state index contributed by atoms with van der Waals surface area (Å²) in [5, 5.41) is 18.2. The van der Waals surface area contributed by atoms with Gasteiger partial charge in [-0.05, 0) is 25.5 Å². The molecule has 0 amide bonds. The quantitative estimate of drug-likeness (QED) is 0.578. The Hall–Kier alpha value is -1.11. The number of hydrogen-bond acceptors (Lipinski definition) is 5. The Kier molecular flexibility index (Phi) is 6.11. The van der Waals surface area contributed by atoms with Crippen molar-refractivity contribution in [2.24, 2.45) is 0 Å². The van der Waals surface area contributed by atoms with E-state index in [0.29, 0.717) is 29.6 Å². The highest BCUT2D eigenvalue weighted by atomic mass is 32.2. The van der Waals surface area contributed by atoms with Crippen LogP contribution >= 0.6 is 11.8 Å². The molecule has 6 heteroatoms. The smallest absolute Gasteiger partial charge is 0.338 e. The van der Waals surface area contributed by atoms with Gasteiger partial charge in [-0.25, -0.2) is 9.78 Å². The third-order valence-electron chi connectivity index (χ3n) is 2.23. The van der Waals surface area contributed by atoms with E-state index in [2.05, 4.69) is 4.98 Å². The van der Waals surface area contributed by atoms with Crippen molar-refractivity contribution in [1.82, 2.24) is 4.98 Å². The number of aryl methyl sites for hydroxylation is 2. The van der Waals surface area contributed by atoms with E-state index < -0.39 is 5.97 Å². The van der Waals surface area contributed by atoms with E-state index in [9.17, 15) is 4.79 Å². The van der Waals surface area contributed by atoms with Gasteiger partial charge in [0.25, 0.3) is 0 Å². The molecule has 1 aromatic heterocycles. The molecule has 1 heterocycles. The molecule has 0 radical (unpaired) electrons. The Bertz CT molecular complexity index is 423. The molecule has 0 aromatic carbocycles. The molecule has 0 aliphatic rings. The minimum absolute atomic E-state index is 0.00710. The molecular weight excluding hydrogens is 254 g/mol. The lowest BCUT2D eigenvalue weighted by Gasteiger charge is -2.09. The summed E-state index contributed by atoms with van der Waals surface area (Å²) in [6.45, 7) is 4.35. The first kappa shape index (κ1) is 14.9. The van der Waals surface area contributed by atoms with Crippen molar-refractivity contribution in [1.29, 1.82) is 0 Å². The van der Waals surface area contributed by atoms with Crippen molar-refractivity contribution in [2.45, 2.75) is 18.9 Å².